The van der Waals surface area contributed by atoms with Crippen LogP contribution in [-0.4, -0.2) is 24.1 Å². The van der Waals surface area contributed by atoms with Gasteiger partial charge in [0, 0.05) is 6.20 Å². The topological polar surface area (TPSA) is 42.4 Å². The van der Waals surface area contributed by atoms with Crippen molar-refractivity contribution in [2.75, 3.05) is 6.61 Å². The second-order valence-electron chi connectivity index (χ2n) is 2.10. The zero-order chi connectivity index (χ0) is 8.10. The van der Waals surface area contributed by atoms with Crippen molar-refractivity contribution in [2.24, 2.45) is 0 Å². The number of hydrogen-bond donors (Lipinski definition) is 1. The van der Waals surface area contributed by atoms with Crippen molar-refractivity contribution in [3.8, 4) is 5.88 Å². The Morgan fingerprint density at radius 2 is 2.45 bits per heavy atom. The summed E-state index contributed by atoms with van der Waals surface area (Å²) in [5.74, 6) is 0.602. The lowest BCUT2D eigenvalue weighted by Gasteiger charge is -2.00. The number of pyridine rings is 1. The molecular weight excluding hydrogens is 141 g/mol. The first-order chi connectivity index (χ1) is 5.36. The lowest BCUT2D eigenvalue weighted by Crippen LogP contribution is -2.13. The summed E-state index contributed by atoms with van der Waals surface area (Å²) in [5.41, 5.74) is 0.799. The molecule has 58 valence electrons. The number of aromatic nitrogens is 1. The van der Waals surface area contributed by atoms with Gasteiger partial charge in [-0.1, -0.05) is 6.07 Å². The Bertz CT molecular complexity index is 212. The summed E-state index contributed by atoms with van der Waals surface area (Å²) in [5, 5.41) is 8.68. The highest BCUT2D eigenvalue weighted by atomic mass is 16.5. The van der Waals surface area contributed by atoms with Crippen LogP contribution >= 0.6 is 0 Å². The molecule has 0 amide bonds. The van der Waals surface area contributed by atoms with Gasteiger partial charge in [0.25, 0.3) is 0 Å². The molecule has 1 aromatic rings. The average Bonchev–Trinajstić information content (AvgIpc) is 2.07. The summed E-state index contributed by atoms with van der Waals surface area (Å²) in [4.78, 5) is 3.96. The Morgan fingerprint density at radius 3 is 2.91 bits per heavy atom. The van der Waals surface area contributed by atoms with Crippen molar-refractivity contribution < 1.29 is 9.76 Å². The fourth-order valence-electron chi connectivity index (χ4n) is 0.738. The molecule has 0 radical (unpaired) electrons. The molecule has 4 heteroatoms. The van der Waals surface area contributed by atoms with Gasteiger partial charge in [-0.05, 0) is 18.5 Å². The van der Waals surface area contributed by atoms with E-state index < -0.39 is 0 Å². The van der Waals surface area contributed by atoms with Gasteiger partial charge in [-0.3, -0.25) is 0 Å². The van der Waals surface area contributed by atoms with E-state index in [0.717, 1.165) is 5.46 Å². The van der Waals surface area contributed by atoms with Crippen molar-refractivity contribution in [2.45, 2.75) is 6.92 Å². The summed E-state index contributed by atoms with van der Waals surface area (Å²) in [7, 11) is 0.0272. The molecule has 0 bridgehead atoms. The van der Waals surface area contributed by atoms with Crippen LogP contribution < -0.4 is 10.2 Å². The Hall–Kier alpha value is -1.03. The van der Waals surface area contributed by atoms with Gasteiger partial charge in [-0.2, -0.15) is 0 Å². The van der Waals surface area contributed by atoms with Crippen LogP contribution in [0.5, 0.6) is 5.88 Å². The third-order valence-electron chi connectivity index (χ3n) is 1.27. The second-order valence-corrected chi connectivity index (χ2v) is 2.10. The molecule has 0 unspecified atom stereocenters. The summed E-state index contributed by atoms with van der Waals surface area (Å²) < 4.78 is 5.11. The van der Waals surface area contributed by atoms with Crippen LogP contribution in [0, 0.1) is 0 Å². The number of ether oxygens (including phenoxy) is 1. The highest BCUT2D eigenvalue weighted by Gasteiger charge is 1.94. The maximum Gasteiger partial charge on any atom is 0.306 e. The van der Waals surface area contributed by atoms with Gasteiger partial charge in [-0.15, -0.1) is 0 Å². The molecular formula is C7H10BNO2. The highest BCUT2D eigenvalue weighted by Crippen LogP contribution is 2.00. The lowest BCUT2D eigenvalue weighted by molar-refractivity contribution is 0.327. The molecule has 0 spiro atoms. The minimum atomic E-state index is 0.0272. The Morgan fingerprint density at radius 1 is 1.64 bits per heavy atom. The molecule has 0 aliphatic heterocycles. The molecule has 0 aliphatic rings. The number of hydrogen-bond acceptors (Lipinski definition) is 3. The van der Waals surface area contributed by atoms with E-state index in [-0.39, 0.29) is 7.48 Å². The van der Waals surface area contributed by atoms with Gasteiger partial charge in [0.05, 0.1) is 6.61 Å². The molecule has 3 nitrogen and oxygen atoms in total. The molecule has 0 aliphatic carbocycles. The molecule has 11 heavy (non-hydrogen) atoms. The Labute approximate surface area is 66.3 Å². The zero-order valence-corrected chi connectivity index (χ0v) is 6.45. The molecule has 1 N–H and O–H groups in total. The van der Waals surface area contributed by atoms with Crippen LogP contribution in [0.2, 0.25) is 0 Å². The first kappa shape index (κ1) is 8.08. The fraction of sp³-hybridized carbons (Fsp3) is 0.286. The van der Waals surface area contributed by atoms with E-state index in [0.29, 0.717) is 12.5 Å². The molecule has 1 rings (SSSR count). The van der Waals surface area contributed by atoms with E-state index in [1.54, 1.807) is 18.3 Å². The van der Waals surface area contributed by atoms with Crippen LogP contribution in [0.15, 0.2) is 18.3 Å². The highest BCUT2D eigenvalue weighted by molar-refractivity contribution is 6.45. The summed E-state index contributed by atoms with van der Waals surface area (Å²) in [6, 6.07) is 3.53. The average molecular weight is 151 g/mol. The van der Waals surface area contributed by atoms with Crippen molar-refractivity contribution in [3.63, 3.8) is 0 Å². The van der Waals surface area contributed by atoms with E-state index in [1.165, 1.54) is 0 Å². The van der Waals surface area contributed by atoms with Crippen molar-refractivity contribution >= 4 is 12.9 Å². The smallest absolute Gasteiger partial charge is 0.306 e. The van der Waals surface area contributed by atoms with E-state index in [1.807, 2.05) is 6.92 Å². The van der Waals surface area contributed by atoms with E-state index >= 15 is 0 Å². The molecule has 0 atom stereocenters. The van der Waals surface area contributed by atoms with Gasteiger partial charge in [-0.25, -0.2) is 4.98 Å². The Balaban J connectivity index is 2.66. The standard InChI is InChI=1S/C7H10BNO2/c1-2-11-7-4-3-6(8-10)5-9-7/h3-5,8,10H,2H2,1H3. The molecule has 0 saturated carbocycles. The maximum atomic E-state index is 8.68. The van der Waals surface area contributed by atoms with Crippen LogP contribution in [0.25, 0.3) is 0 Å². The zero-order valence-electron chi connectivity index (χ0n) is 6.45. The molecule has 0 aromatic carbocycles. The third-order valence-corrected chi connectivity index (χ3v) is 1.27. The normalized spacial score (nSPS) is 9.27. The monoisotopic (exact) mass is 151 g/mol. The van der Waals surface area contributed by atoms with Crippen molar-refractivity contribution in [3.05, 3.63) is 18.3 Å². The van der Waals surface area contributed by atoms with Gasteiger partial charge in [0.2, 0.25) is 5.88 Å². The van der Waals surface area contributed by atoms with Crippen LogP contribution in [0.1, 0.15) is 6.92 Å². The molecule has 1 aromatic heterocycles. The van der Waals surface area contributed by atoms with Crippen molar-refractivity contribution in [1.82, 2.24) is 4.98 Å². The van der Waals surface area contributed by atoms with Gasteiger partial charge < -0.3 is 9.76 Å². The molecule has 1 heterocycles. The SMILES string of the molecule is CCOc1ccc(BO)cn1. The Kier molecular flexibility index (Phi) is 2.92. The first-order valence-electron chi connectivity index (χ1n) is 3.55. The van der Waals surface area contributed by atoms with E-state index in [2.05, 4.69) is 4.98 Å². The molecule has 0 saturated heterocycles. The van der Waals surface area contributed by atoms with Gasteiger partial charge in [0.15, 0.2) is 0 Å². The predicted molar refractivity (Wildman–Crippen MR) is 44.4 cm³/mol. The minimum absolute atomic E-state index is 0.0272. The largest absolute Gasteiger partial charge is 0.478 e. The summed E-state index contributed by atoms with van der Waals surface area (Å²) in [6.45, 7) is 2.52. The van der Waals surface area contributed by atoms with Crippen LogP contribution in [-0.2, 0) is 0 Å². The third kappa shape index (κ3) is 2.24. The van der Waals surface area contributed by atoms with Crippen LogP contribution in [0.3, 0.4) is 0 Å². The maximum absolute atomic E-state index is 8.68. The summed E-state index contributed by atoms with van der Waals surface area (Å²) in [6.07, 6.45) is 1.60. The lowest BCUT2D eigenvalue weighted by atomic mass is 9.91. The van der Waals surface area contributed by atoms with Gasteiger partial charge >= 0.3 is 7.48 Å². The van der Waals surface area contributed by atoms with E-state index in [9.17, 15) is 0 Å². The van der Waals surface area contributed by atoms with Crippen molar-refractivity contribution in [1.29, 1.82) is 0 Å². The van der Waals surface area contributed by atoms with Gasteiger partial charge in [0.1, 0.15) is 0 Å². The first-order valence-corrected chi connectivity index (χ1v) is 3.55. The molecule has 0 fully saturated rings. The second kappa shape index (κ2) is 3.98. The summed E-state index contributed by atoms with van der Waals surface area (Å²) >= 11 is 0. The number of nitrogens with zero attached hydrogens (tertiary/aromatic N) is 1. The number of rotatable bonds is 3. The minimum Gasteiger partial charge on any atom is -0.478 e. The fourth-order valence-corrected chi connectivity index (χ4v) is 0.738. The quantitative estimate of drug-likeness (QED) is 0.589. The van der Waals surface area contributed by atoms with E-state index in [4.69, 9.17) is 9.76 Å². The van der Waals surface area contributed by atoms with Crippen LogP contribution in [0.4, 0.5) is 0 Å². The predicted octanol–water partition coefficient (Wildman–Crippen LogP) is -0.551.